The third kappa shape index (κ3) is 3.46. The Morgan fingerprint density at radius 3 is 2.28 bits per heavy atom. The first-order valence-corrected chi connectivity index (χ1v) is 8.38. The van der Waals surface area contributed by atoms with Crippen molar-refractivity contribution in [3.63, 3.8) is 0 Å². The Morgan fingerprint density at radius 2 is 1.68 bits per heavy atom. The van der Waals surface area contributed by atoms with Gasteiger partial charge in [0.05, 0.1) is 14.2 Å². The van der Waals surface area contributed by atoms with Gasteiger partial charge in [0, 0.05) is 13.1 Å². The number of amides is 1. The maximum atomic E-state index is 12.8. The Hall–Kier alpha value is -2.53. The molecule has 0 bridgehead atoms. The molecule has 0 saturated heterocycles. The van der Waals surface area contributed by atoms with E-state index in [-0.39, 0.29) is 5.91 Å². The lowest BCUT2D eigenvalue weighted by molar-refractivity contribution is -0.133. The second-order valence-electron chi connectivity index (χ2n) is 6.37. The molecule has 1 aliphatic heterocycles. The van der Waals surface area contributed by atoms with Crippen molar-refractivity contribution in [2.45, 2.75) is 25.9 Å². The largest absolute Gasteiger partial charge is 0.493 e. The Balaban J connectivity index is 1.79. The van der Waals surface area contributed by atoms with E-state index < -0.39 is 6.04 Å². The van der Waals surface area contributed by atoms with Gasteiger partial charge >= 0.3 is 0 Å². The van der Waals surface area contributed by atoms with Gasteiger partial charge in [-0.3, -0.25) is 4.79 Å². The van der Waals surface area contributed by atoms with Gasteiger partial charge < -0.3 is 20.1 Å². The SMILES string of the molecule is COc1cc2c(cc1OC)CN(C(=O)C(N)c1ccc(C)cc1)CC2. The quantitative estimate of drug-likeness (QED) is 0.929. The first-order valence-electron chi connectivity index (χ1n) is 8.38. The van der Waals surface area contributed by atoms with E-state index in [1.54, 1.807) is 14.2 Å². The summed E-state index contributed by atoms with van der Waals surface area (Å²) in [6, 6.07) is 11.1. The lowest BCUT2D eigenvalue weighted by atomic mass is 9.97. The van der Waals surface area contributed by atoms with Crippen molar-refractivity contribution in [2.75, 3.05) is 20.8 Å². The van der Waals surface area contributed by atoms with Crippen LogP contribution in [-0.2, 0) is 17.8 Å². The highest BCUT2D eigenvalue weighted by molar-refractivity contribution is 5.83. The van der Waals surface area contributed by atoms with Gasteiger partial charge in [-0.1, -0.05) is 29.8 Å². The molecule has 5 nitrogen and oxygen atoms in total. The minimum Gasteiger partial charge on any atom is -0.493 e. The van der Waals surface area contributed by atoms with Crippen molar-refractivity contribution in [3.05, 3.63) is 58.7 Å². The van der Waals surface area contributed by atoms with Gasteiger partial charge in [0.1, 0.15) is 6.04 Å². The number of hydrogen-bond donors (Lipinski definition) is 1. The van der Waals surface area contributed by atoms with E-state index in [0.29, 0.717) is 18.8 Å². The summed E-state index contributed by atoms with van der Waals surface area (Å²) in [5.74, 6) is 1.35. The van der Waals surface area contributed by atoms with Crippen LogP contribution in [0.2, 0.25) is 0 Å². The van der Waals surface area contributed by atoms with Crippen LogP contribution in [0.5, 0.6) is 11.5 Å². The Morgan fingerprint density at radius 1 is 1.08 bits per heavy atom. The molecule has 0 spiro atoms. The first kappa shape index (κ1) is 17.3. The second-order valence-corrected chi connectivity index (χ2v) is 6.37. The molecule has 0 aliphatic carbocycles. The fourth-order valence-electron chi connectivity index (χ4n) is 3.18. The molecular formula is C20H24N2O3. The number of carbonyl (C=O) groups excluding carboxylic acids is 1. The van der Waals surface area contributed by atoms with Crippen LogP contribution in [0.15, 0.2) is 36.4 Å². The van der Waals surface area contributed by atoms with E-state index >= 15 is 0 Å². The number of rotatable bonds is 4. The summed E-state index contributed by atoms with van der Waals surface area (Å²) in [4.78, 5) is 14.6. The van der Waals surface area contributed by atoms with E-state index in [0.717, 1.165) is 28.9 Å². The average molecular weight is 340 g/mol. The van der Waals surface area contributed by atoms with Crippen LogP contribution in [0, 0.1) is 6.92 Å². The summed E-state index contributed by atoms with van der Waals surface area (Å²) in [6.07, 6.45) is 0.780. The van der Waals surface area contributed by atoms with Gasteiger partial charge in [-0.25, -0.2) is 0 Å². The van der Waals surface area contributed by atoms with Crippen LogP contribution in [-0.4, -0.2) is 31.6 Å². The minimum atomic E-state index is -0.637. The summed E-state index contributed by atoms with van der Waals surface area (Å²) in [5.41, 5.74) is 10.5. The topological polar surface area (TPSA) is 64.8 Å². The van der Waals surface area contributed by atoms with E-state index in [1.807, 2.05) is 48.2 Å². The van der Waals surface area contributed by atoms with Gasteiger partial charge in [-0.05, 0) is 42.2 Å². The average Bonchev–Trinajstić information content (AvgIpc) is 2.65. The molecule has 0 fully saturated rings. The van der Waals surface area contributed by atoms with Gasteiger partial charge in [-0.2, -0.15) is 0 Å². The van der Waals surface area contributed by atoms with Crippen LogP contribution >= 0.6 is 0 Å². The number of nitrogens with two attached hydrogens (primary N) is 1. The molecule has 2 N–H and O–H groups in total. The number of hydrogen-bond acceptors (Lipinski definition) is 4. The van der Waals surface area contributed by atoms with Gasteiger partial charge in [0.2, 0.25) is 5.91 Å². The third-order valence-electron chi connectivity index (χ3n) is 4.73. The van der Waals surface area contributed by atoms with E-state index in [4.69, 9.17) is 15.2 Å². The normalized spacial score (nSPS) is 14.6. The predicted octanol–water partition coefficient (Wildman–Crippen LogP) is 2.60. The van der Waals surface area contributed by atoms with Crippen molar-refractivity contribution < 1.29 is 14.3 Å². The molecule has 2 aromatic carbocycles. The second kappa shape index (κ2) is 7.15. The van der Waals surface area contributed by atoms with Gasteiger partial charge in [0.15, 0.2) is 11.5 Å². The standard InChI is InChI=1S/C20H24N2O3/c1-13-4-6-14(7-5-13)19(21)20(23)22-9-8-15-10-17(24-2)18(25-3)11-16(15)12-22/h4-7,10-11,19H,8-9,12,21H2,1-3H3. The number of fused-ring (bicyclic) bond motifs is 1. The van der Waals surface area contributed by atoms with Crippen LogP contribution in [0.25, 0.3) is 0 Å². The van der Waals surface area contributed by atoms with Gasteiger partial charge in [0.25, 0.3) is 0 Å². The van der Waals surface area contributed by atoms with E-state index in [1.165, 1.54) is 5.56 Å². The van der Waals surface area contributed by atoms with Crippen LogP contribution in [0.1, 0.15) is 28.3 Å². The fourth-order valence-corrected chi connectivity index (χ4v) is 3.18. The molecular weight excluding hydrogens is 316 g/mol. The van der Waals surface area contributed by atoms with Crippen molar-refractivity contribution in [3.8, 4) is 11.5 Å². The lowest BCUT2D eigenvalue weighted by Crippen LogP contribution is -2.41. The van der Waals surface area contributed by atoms with Gasteiger partial charge in [-0.15, -0.1) is 0 Å². The number of aryl methyl sites for hydroxylation is 1. The summed E-state index contributed by atoms with van der Waals surface area (Å²) in [7, 11) is 3.24. The lowest BCUT2D eigenvalue weighted by Gasteiger charge is -2.31. The van der Waals surface area contributed by atoms with Crippen LogP contribution in [0.4, 0.5) is 0 Å². The number of ether oxygens (including phenoxy) is 2. The molecule has 1 heterocycles. The van der Waals surface area contributed by atoms with Crippen LogP contribution < -0.4 is 15.2 Å². The summed E-state index contributed by atoms with van der Waals surface area (Å²) in [6.45, 7) is 3.20. The number of carbonyl (C=O) groups is 1. The molecule has 1 unspecified atom stereocenters. The third-order valence-corrected chi connectivity index (χ3v) is 4.73. The molecule has 0 radical (unpaired) electrons. The van der Waals surface area contributed by atoms with E-state index in [2.05, 4.69) is 0 Å². The number of methoxy groups -OCH3 is 2. The zero-order valence-electron chi connectivity index (χ0n) is 14.9. The zero-order valence-corrected chi connectivity index (χ0v) is 14.9. The molecule has 0 aromatic heterocycles. The zero-order chi connectivity index (χ0) is 18.0. The molecule has 5 heteroatoms. The van der Waals surface area contributed by atoms with Crippen molar-refractivity contribution in [1.29, 1.82) is 0 Å². The molecule has 1 atom stereocenters. The highest BCUT2D eigenvalue weighted by Crippen LogP contribution is 2.33. The van der Waals surface area contributed by atoms with Crippen molar-refractivity contribution in [1.82, 2.24) is 4.90 Å². The molecule has 1 amide bonds. The van der Waals surface area contributed by atoms with Crippen molar-refractivity contribution in [2.24, 2.45) is 5.73 Å². The maximum absolute atomic E-state index is 12.8. The molecule has 0 saturated carbocycles. The monoisotopic (exact) mass is 340 g/mol. The molecule has 3 rings (SSSR count). The molecule has 2 aromatic rings. The van der Waals surface area contributed by atoms with E-state index in [9.17, 15) is 4.79 Å². The highest BCUT2D eigenvalue weighted by Gasteiger charge is 2.27. The highest BCUT2D eigenvalue weighted by atomic mass is 16.5. The smallest absolute Gasteiger partial charge is 0.244 e. The molecule has 25 heavy (non-hydrogen) atoms. The summed E-state index contributed by atoms with van der Waals surface area (Å²) >= 11 is 0. The predicted molar refractivity (Wildman–Crippen MR) is 96.8 cm³/mol. The van der Waals surface area contributed by atoms with Crippen LogP contribution in [0.3, 0.4) is 0 Å². The van der Waals surface area contributed by atoms with Crippen molar-refractivity contribution >= 4 is 5.91 Å². The Kier molecular flexibility index (Phi) is 4.95. The Labute approximate surface area is 148 Å². The Bertz CT molecular complexity index is 771. The first-order chi connectivity index (χ1) is 12.0. The number of nitrogens with zero attached hydrogens (tertiary/aromatic N) is 1. The summed E-state index contributed by atoms with van der Waals surface area (Å²) in [5, 5.41) is 0. The minimum absolute atomic E-state index is 0.0516. The molecule has 132 valence electrons. The molecule has 1 aliphatic rings. The fraction of sp³-hybridized carbons (Fsp3) is 0.350. The number of benzene rings is 2. The maximum Gasteiger partial charge on any atom is 0.244 e. The summed E-state index contributed by atoms with van der Waals surface area (Å²) < 4.78 is 10.7.